The summed E-state index contributed by atoms with van der Waals surface area (Å²) in [4.78, 5) is 23.7. The third kappa shape index (κ3) is 2.11. The van der Waals surface area contributed by atoms with Crippen molar-refractivity contribution in [2.24, 2.45) is 7.05 Å². The molecule has 0 bridgehead atoms. The number of halogens is 1. The number of benzene rings is 1. The smallest absolute Gasteiger partial charge is 0.337 e. The first kappa shape index (κ1) is 14.0. The fourth-order valence-corrected chi connectivity index (χ4v) is 2.35. The minimum absolute atomic E-state index is 0.137. The monoisotopic (exact) mass is 275 g/mol. The summed E-state index contributed by atoms with van der Waals surface area (Å²) in [5.41, 5.74) is 1.71. The zero-order chi connectivity index (χ0) is 15.0. The highest BCUT2D eigenvalue weighted by atomic mass is 19.1. The van der Waals surface area contributed by atoms with Crippen LogP contribution in [0, 0.1) is 19.7 Å². The third-order valence-electron chi connectivity index (χ3n) is 3.47. The molecule has 2 aromatic rings. The fraction of sp³-hybridized carbons (Fsp3) is 0.200. The molecule has 104 valence electrons. The Hall–Kier alpha value is -2.43. The van der Waals surface area contributed by atoms with Crippen LogP contribution in [0.2, 0.25) is 0 Å². The molecule has 0 fully saturated rings. The lowest BCUT2D eigenvalue weighted by Gasteiger charge is -2.05. The Morgan fingerprint density at radius 1 is 1.15 bits per heavy atom. The molecule has 1 N–H and O–H groups in total. The van der Waals surface area contributed by atoms with Gasteiger partial charge in [0.1, 0.15) is 5.82 Å². The maximum Gasteiger partial charge on any atom is 0.337 e. The van der Waals surface area contributed by atoms with Crippen molar-refractivity contribution in [1.29, 1.82) is 0 Å². The summed E-state index contributed by atoms with van der Waals surface area (Å²) < 4.78 is 14.5. The van der Waals surface area contributed by atoms with Gasteiger partial charge in [0.25, 0.3) is 0 Å². The number of ketones is 1. The van der Waals surface area contributed by atoms with Gasteiger partial charge in [-0.25, -0.2) is 9.18 Å². The van der Waals surface area contributed by atoms with Crippen molar-refractivity contribution < 1.29 is 19.1 Å². The van der Waals surface area contributed by atoms with E-state index in [4.69, 9.17) is 0 Å². The number of aromatic carboxylic acids is 1. The summed E-state index contributed by atoms with van der Waals surface area (Å²) in [7, 11) is 1.64. The first-order chi connectivity index (χ1) is 9.34. The van der Waals surface area contributed by atoms with Crippen molar-refractivity contribution in [1.82, 2.24) is 4.57 Å². The van der Waals surface area contributed by atoms with Gasteiger partial charge in [-0.05, 0) is 43.7 Å². The van der Waals surface area contributed by atoms with Crippen LogP contribution >= 0.6 is 0 Å². The van der Waals surface area contributed by atoms with E-state index < -0.39 is 11.8 Å². The minimum atomic E-state index is -1.06. The van der Waals surface area contributed by atoms with Crippen LogP contribution in [0.25, 0.3) is 0 Å². The molecule has 0 saturated heterocycles. The van der Waals surface area contributed by atoms with Gasteiger partial charge in [-0.1, -0.05) is 0 Å². The van der Waals surface area contributed by atoms with Gasteiger partial charge in [0.2, 0.25) is 5.78 Å². The summed E-state index contributed by atoms with van der Waals surface area (Å²) in [6, 6.07) is 5.19. The molecule has 0 saturated carbocycles. The van der Waals surface area contributed by atoms with Crippen LogP contribution in [-0.2, 0) is 7.05 Å². The number of nitrogens with zero attached hydrogens (tertiary/aromatic N) is 1. The molecule has 2 rings (SSSR count). The molecule has 5 heteroatoms. The largest absolute Gasteiger partial charge is 0.478 e. The van der Waals surface area contributed by atoms with E-state index in [1.54, 1.807) is 25.5 Å². The molecule has 1 heterocycles. The van der Waals surface area contributed by atoms with Crippen LogP contribution < -0.4 is 0 Å². The average molecular weight is 275 g/mol. The van der Waals surface area contributed by atoms with Crippen LogP contribution in [0.1, 0.15) is 37.7 Å². The molecular formula is C15H14FNO3. The Bertz CT molecular complexity index is 699. The summed E-state index contributed by atoms with van der Waals surface area (Å²) in [6.45, 7) is 3.26. The summed E-state index contributed by atoms with van der Waals surface area (Å²) in [5.74, 6) is -1.80. The molecule has 0 unspecified atom stereocenters. The van der Waals surface area contributed by atoms with E-state index in [1.807, 2.05) is 0 Å². The molecule has 4 nitrogen and oxygen atoms in total. The molecule has 0 aliphatic rings. The number of carbonyl (C=O) groups is 2. The molecule has 1 aromatic carbocycles. The molecule has 0 aliphatic carbocycles. The second kappa shape index (κ2) is 4.92. The zero-order valence-corrected chi connectivity index (χ0v) is 11.4. The van der Waals surface area contributed by atoms with Gasteiger partial charge in [0.05, 0.1) is 11.3 Å². The number of aromatic nitrogens is 1. The molecule has 20 heavy (non-hydrogen) atoms. The van der Waals surface area contributed by atoms with Gasteiger partial charge in [-0.2, -0.15) is 0 Å². The lowest BCUT2D eigenvalue weighted by molar-refractivity contribution is 0.0695. The number of carboxylic acids is 1. The third-order valence-corrected chi connectivity index (χ3v) is 3.47. The van der Waals surface area contributed by atoms with Crippen molar-refractivity contribution in [3.63, 3.8) is 0 Å². The van der Waals surface area contributed by atoms with Gasteiger partial charge in [-0.3, -0.25) is 4.79 Å². The maximum absolute atomic E-state index is 12.9. The molecule has 1 aromatic heterocycles. The molecular weight excluding hydrogens is 261 g/mol. The fourth-order valence-electron chi connectivity index (χ4n) is 2.35. The Labute approximate surface area is 115 Å². The Morgan fingerprint density at radius 3 is 2.15 bits per heavy atom. The predicted octanol–water partition coefficient (Wildman–Crippen LogP) is 2.71. The van der Waals surface area contributed by atoms with E-state index in [-0.39, 0.29) is 11.3 Å². The van der Waals surface area contributed by atoms with Crippen LogP contribution in [0.3, 0.4) is 0 Å². The standard InChI is InChI=1S/C15H14FNO3/c1-8-12(15(19)20)9(2)17(3)13(8)14(18)10-4-6-11(16)7-5-10/h4-7H,1-3H3,(H,19,20). The molecule has 0 amide bonds. The maximum atomic E-state index is 12.9. The van der Waals surface area contributed by atoms with Gasteiger partial charge in [0.15, 0.2) is 0 Å². The van der Waals surface area contributed by atoms with E-state index in [0.717, 1.165) is 0 Å². The quantitative estimate of drug-likeness (QED) is 0.876. The highest BCUT2D eigenvalue weighted by molar-refractivity contribution is 6.10. The van der Waals surface area contributed by atoms with Crippen LogP contribution in [-0.4, -0.2) is 21.4 Å². The number of carbonyl (C=O) groups excluding carboxylic acids is 1. The van der Waals surface area contributed by atoms with Crippen LogP contribution in [0.15, 0.2) is 24.3 Å². The number of hydrogen-bond acceptors (Lipinski definition) is 2. The second-order valence-corrected chi connectivity index (χ2v) is 4.63. The summed E-state index contributed by atoms with van der Waals surface area (Å²) in [5, 5.41) is 9.20. The van der Waals surface area contributed by atoms with Crippen LogP contribution in [0.5, 0.6) is 0 Å². The Balaban J connectivity index is 2.59. The highest BCUT2D eigenvalue weighted by Crippen LogP contribution is 2.23. The lowest BCUT2D eigenvalue weighted by atomic mass is 10.0. The van der Waals surface area contributed by atoms with E-state index in [9.17, 15) is 19.1 Å². The van der Waals surface area contributed by atoms with E-state index in [1.165, 1.54) is 24.3 Å². The first-order valence-electron chi connectivity index (χ1n) is 6.04. The van der Waals surface area contributed by atoms with Gasteiger partial charge < -0.3 is 9.67 Å². The van der Waals surface area contributed by atoms with Crippen molar-refractivity contribution in [3.05, 3.63) is 58.2 Å². The van der Waals surface area contributed by atoms with Gasteiger partial charge in [0, 0.05) is 18.3 Å². The average Bonchev–Trinajstić information content (AvgIpc) is 2.60. The van der Waals surface area contributed by atoms with Gasteiger partial charge in [-0.15, -0.1) is 0 Å². The molecule has 0 radical (unpaired) electrons. The molecule has 0 spiro atoms. The predicted molar refractivity (Wildman–Crippen MR) is 71.7 cm³/mol. The van der Waals surface area contributed by atoms with E-state index in [0.29, 0.717) is 22.5 Å². The number of carboxylic acid groups (broad SMARTS) is 1. The van der Waals surface area contributed by atoms with Crippen molar-refractivity contribution >= 4 is 11.8 Å². The van der Waals surface area contributed by atoms with Crippen molar-refractivity contribution in [2.75, 3.05) is 0 Å². The summed E-state index contributed by atoms with van der Waals surface area (Å²) in [6.07, 6.45) is 0. The van der Waals surface area contributed by atoms with E-state index >= 15 is 0 Å². The van der Waals surface area contributed by atoms with Gasteiger partial charge >= 0.3 is 5.97 Å². The lowest BCUT2D eigenvalue weighted by Crippen LogP contribution is -2.09. The molecule has 0 atom stereocenters. The van der Waals surface area contributed by atoms with Crippen molar-refractivity contribution in [3.8, 4) is 0 Å². The van der Waals surface area contributed by atoms with Crippen LogP contribution in [0.4, 0.5) is 4.39 Å². The Kier molecular flexibility index (Phi) is 3.44. The number of rotatable bonds is 3. The first-order valence-corrected chi connectivity index (χ1v) is 6.04. The van der Waals surface area contributed by atoms with E-state index in [2.05, 4.69) is 0 Å². The number of hydrogen-bond donors (Lipinski definition) is 1. The Morgan fingerprint density at radius 2 is 1.70 bits per heavy atom. The van der Waals surface area contributed by atoms with Crippen molar-refractivity contribution in [2.45, 2.75) is 13.8 Å². The molecule has 0 aliphatic heterocycles. The SMILES string of the molecule is Cc1c(C(=O)O)c(C)n(C)c1C(=O)c1ccc(F)cc1. The zero-order valence-electron chi connectivity index (χ0n) is 11.4. The summed E-state index contributed by atoms with van der Waals surface area (Å²) >= 11 is 0. The highest BCUT2D eigenvalue weighted by Gasteiger charge is 2.25. The normalized spacial score (nSPS) is 10.6. The topological polar surface area (TPSA) is 59.3 Å². The minimum Gasteiger partial charge on any atom is -0.478 e. The second-order valence-electron chi connectivity index (χ2n) is 4.63.